The van der Waals surface area contributed by atoms with E-state index in [1.54, 1.807) is 27.7 Å². The van der Waals surface area contributed by atoms with Gasteiger partial charge in [-0.3, -0.25) is 4.84 Å². The summed E-state index contributed by atoms with van der Waals surface area (Å²) in [4.78, 5) is 16.2. The standard InChI is InChI=1S/C9H19NO4/c1-7(11)6-10(13-5)8(12)14-9(2,3)4/h7,11H,6H2,1-5H3. The molecule has 0 fully saturated rings. The van der Waals surface area contributed by atoms with E-state index in [0.717, 1.165) is 5.06 Å². The van der Waals surface area contributed by atoms with Crippen LogP contribution in [0.25, 0.3) is 0 Å². The fourth-order valence-corrected chi connectivity index (χ4v) is 0.776. The molecule has 84 valence electrons. The number of carbonyl (C=O) groups is 1. The number of ether oxygens (including phenoxy) is 1. The van der Waals surface area contributed by atoms with Crippen LogP contribution in [0.3, 0.4) is 0 Å². The van der Waals surface area contributed by atoms with E-state index in [-0.39, 0.29) is 6.54 Å². The predicted molar refractivity (Wildman–Crippen MR) is 51.6 cm³/mol. The van der Waals surface area contributed by atoms with E-state index < -0.39 is 17.8 Å². The normalized spacial score (nSPS) is 13.6. The van der Waals surface area contributed by atoms with E-state index in [9.17, 15) is 4.79 Å². The fourth-order valence-electron chi connectivity index (χ4n) is 0.776. The van der Waals surface area contributed by atoms with Gasteiger partial charge in [-0.15, -0.1) is 0 Å². The Bertz CT molecular complexity index is 186. The van der Waals surface area contributed by atoms with Gasteiger partial charge in [0.2, 0.25) is 0 Å². The SMILES string of the molecule is CON(CC(C)O)C(=O)OC(C)(C)C. The van der Waals surface area contributed by atoms with E-state index in [0.29, 0.717) is 0 Å². The molecular formula is C9H19NO4. The molecule has 0 aliphatic rings. The molecule has 1 atom stereocenters. The van der Waals surface area contributed by atoms with E-state index in [1.807, 2.05) is 0 Å². The van der Waals surface area contributed by atoms with Gasteiger partial charge in [0.05, 0.1) is 19.8 Å². The van der Waals surface area contributed by atoms with Crippen molar-refractivity contribution in [3.05, 3.63) is 0 Å². The van der Waals surface area contributed by atoms with Gasteiger partial charge in [-0.1, -0.05) is 0 Å². The maximum absolute atomic E-state index is 11.4. The van der Waals surface area contributed by atoms with Gasteiger partial charge >= 0.3 is 6.09 Å². The molecule has 0 aromatic rings. The third-order valence-electron chi connectivity index (χ3n) is 1.25. The minimum Gasteiger partial charge on any atom is -0.442 e. The number of rotatable bonds is 3. The van der Waals surface area contributed by atoms with Crippen LogP contribution in [-0.4, -0.2) is 41.6 Å². The molecule has 0 rings (SSSR count). The van der Waals surface area contributed by atoms with Crippen LogP contribution in [0.2, 0.25) is 0 Å². The zero-order valence-corrected chi connectivity index (χ0v) is 9.40. The van der Waals surface area contributed by atoms with Crippen LogP contribution < -0.4 is 0 Å². The highest BCUT2D eigenvalue weighted by atomic mass is 16.7. The van der Waals surface area contributed by atoms with Crippen LogP contribution in [0.4, 0.5) is 4.79 Å². The number of hydrogen-bond donors (Lipinski definition) is 1. The quantitative estimate of drug-likeness (QED) is 0.702. The van der Waals surface area contributed by atoms with Crippen molar-refractivity contribution in [3.63, 3.8) is 0 Å². The largest absolute Gasteiger partial charge is 0.442 e. The summed E-state index contributed by atoms with van der Waals surface area (Å²) in [6, 6.07) is 0. The highest BCUT2D eigenvalue weighted by Crippen LogP contribution is 2.10. The first-order valence-electron chi connectivity index (χ1n) is 4.49. The Labute approximate surface area is 84.6 Å². The third-order valence-corrected chi connectivity index (χ3v) is 1.25. The van der Waals surface area contributed by atoms with Crippen LogP contribution in [0.1, 0.15) is 27.7 Å². The van der Waals surface area contributed by atoms with Crippen molar-refractivity contribution in [2.75, 3.05) is 13.7 Å². The van der Waals surface area contributed by atoms with Crippen LogP contribution in [0.15, 0.2) is 0 Å². The zero-order valence-electron chi connectivity index (χ0n) is 9.40. The molecule has 5 heteroatoms. The number of nitrogens with zero attached hydrogens (tertiary/aromatic N) is 1. The second-order valence-corrected chi connectivity index (χ2v) is 4.07. The number of aliphatic hydroxyl groups excluding tert-OH is 1. The highest BCUT2D eigenvalue weighted by molar-refractivity contribution is 5.66. The topological polar surface area (TPSA) is 59.0 Å². The van der Waals surface area contributed by atoms with E-state index in [1.165, 1.54) is 7.11 Å². The molecule has 0 aliphatic heterocycles. The molecule has 5 nitrogen and oxygen atoms in total. The Kier molecular flexibility index (Phi) is 4.87. The van der Waals surface area contributed by atoms with Gasteiger partial charge in [0, 0.05) is 0 Å². The van der Waals surface area contributed by atoms with Crippen molar-refractivity contribution in [2.45, 2.75) is 39.4 Å². The summed E-state index contributed by atoms with van der Waals surface area (Å²) in [6.07, 6.45) is -1.25. The second kappa shape index (κ2) is 5.17. The van der Waals surface area contributed by atoms with E-state index >= 15 is 0 Å². The van der Waals surface area contributed by atoms with Crippen molar-refractivity contribution in [1.29, 1.82) is 0 Å². The zero-order chi connectivity index (χ0) is 11.4. The number of amides is 1. The first-order valence-corrected chi connectivity index (χ1v) is 4.49. The minimum atomic E-state index is -0.650. The van der Waals surface area contributed by atoms with Crippen LogP contribution in [-0.2, 0) is 9.57 Å². The first-order chi connectivity index (χ1) is 6.26. The molecule has 0 bridgehead atoms. The lowest BCUT2D eigenvalue weighted by atomic mass is 10.2. The fraction of sp³-hybridized carbons (Fsp3) is 0.889. The van der Waals surface area contributed by atoms with Gasteiger partial charge in [-0.05, 0) is 27.7 Å². The Balaban J connectivity index is 4.18. The lowest BCUT2D eigenvalue weighted by Gasteiger charge is -2.26. The highest BCUT2D eigenvalue weighted by Gasteiger charge is 2.22. The van der Waals surface area contributed by atoms with Gasteiger partial charge < -0.3 is 9.84 Å². The molecule has 0 saturated carbocycles. The molecule has 14 heavy (non-hydrogen) atoms. The Hall–Kier alpha value is -0.810. The number of aliphatic hydroxyl groups is 1. The molecule has 0 aliphatic carbocycles. The molecule has 1 unspecified atom stereocenters. The van der Waals surface area contributed by atoms with Gasteiger partial charge in [0.25, 0.3) is 0 Å². The Morgan fingerprint density at radius 3 is 2.29 bits per heavy atom. The summed E-state index contributed by atoms with van der Waals surface area (Å²) in [7, 11) is 1.35. The number of hydroxylamine groups is 2. The summed E-state index contributed by atoms with van der Waals surface area (Å²) < 4.78 is 5.04. The molecule has 1 N–H and O–H groups in total. The second-order valence-electron chi connectivity index (χ2n) is 4.07. The van der Waals surface area contributed by atoms with Crippen molar-refractivity contribution in [2.24, 2.45) is 0 Å². The Morgan fingerprint density at radius 1 is 1.50 bits per heavy atom. The van der Waals surface area contributed by atoms with Crippen molar-refractivity contribution in [3.8, 4) is 0 Å². The van der Waals surface area contributed by atoms with Gasteiger partial charge in [-0.25, -0.2) is 4.79 Å². The molecule has 0 aromatic carbocycles. The lowest BCUT2D eigenvalue weighted by Crippen LogP contribution is -2.39. The summed E-state index contributed by atoms with van der Waals surface area (Å²) in [5, 5.41) is 10.1. The summed E-state index contributed by atoms with van der Waals surface area (Å²) >= 11 is 0. The molecule has 0 heterocycles. The smallest absolute Gasteiger partial charge is 0.434 e. The summed E-state index contributed by atoms with van der Waals surface area (Å²) in [5.74, 6) is 0. The minimum absolute atomic E-state index is 0.0887. The molecule has 0 spiro atoms. The maximum atomic E-state index is 11.4. The van der Waals surface area contributed by atoms with Gasteiger partial charge in [0.1, 0.15) is 5.60 Å². The van der Waals surface area contributed by atoms with Crippen LogP contribution >= 0.6 is 0 Å². The summed E-state index contributed by atoms with van der Waals surface area (Å²) in [6.45, 7) is 6.95. The lowest BCUT2D eigenvalue weighted by molar-refractivity contribution is -0.136. The van der Waals surface area contributed by atoms with Crippen molar-refractivity contribution < 1.29 is 19.5 Å². The molecular weight excluding hydrogens is 186 g/mol. The molecule has 0 radical (unpaired) electrons. The summed E-state index contributed by atoms with van der Waals surface area (Å²) in [5.41, 5.74) is -0.563. The third kappa shape index (κ3) is 5.77. The van der Waals surface area contributed by atoms with E-state index in [4.69, 9.17) is 14.7 Å². The van der Waals surface area contributed by atoms with E-state index in [2.05, 4.69) is 0 Å². The first kappa shape index (κ1) is 13.2. The van der Waals surface area contributed by atoms with Gasteiger partial charge in [-0.2, -0.15) is 5.06 Å². The average Bonchev–Trinajstić information content (AvgIpc) is 1.96. The van der Waals surface area contributed by atoms with Gasteiger partial charge in [0.15, 0.2) is 0 Å². The molecule has 1 amide bonds. The van der Waals surface area contributed by atoms with Crippen LogP contribution in [0.5, 0.6) is 0 Å². The Morgan fingerprint density at radius 2 is 2.00 bits per heavy atom. The number of hydrogen-bond acceptors (Lipinski definition) is 4. The molecule has 0 aromatic heterocycles. The predicted octanol–water partition coefficient (Wildman–Crippen LogP) is 1.17. The van der Waals surface area contributed by atoms with Crippen molar-refractivity contribution >= 4 is 6.09 Å². The number of carbonyl (C=O) groups excluding carboxylic acids is 1. The molecule has 0 saturated heterocycles. The average molecular weight is 205 g/mol. The monoisotopic (exact) mass is 205 g/mol. The van der Waals surface area contributed by atoms with Crippen molar-refractivity contribution in [1.82, 2.24) is 5.06 Å². The maximum Gasteiger partial charge on any atom is 0.434 e. The van der Waals surface area contributed by atoms with Crippen LogP contribution in [0, 0.1) is 0 Å².